The van der Waals surface area contributed by atoms with E-state index in [2.05, 4.69) is 5.32 Å². The van der Waals surface area contributed by atoms with Gasteiger partial charge in [0.05, 0.1) is 0 Å². The molecule has 4 nitrogen and oxygen atoms in total. The summed E-state index contributed by atoms with van der Waals surface area (Å²) in [6.45, 7) is 3.60. The first-order chi connectivity index (χ1) is 8.69. The Kier molecular flexibility index (Phi) is 6.98. The molecule has 3 N–H and O–H groups in total. The molecule has 1 saturated carbocycles. The summed E-state index contributed by atoms with van der Waals surface area (Å²) in [5, 5.41) is 21.5. The van der Waals surface area contributed by atoms with Gasteiger partial charge in [0, 0.05) is 18.7 Å². The highest BCUT2D eigenvalue weighted by molar-refractivity contribution is 5.86. The quantitative estimate of drug-likeness (QED) is 0.479. The van der Waals surface area contributed by atoms with E-state index in [4.69, 9.17) is 5.11 Å². The van der Waals surface area contributed by atoms with Crippen molar-refractivity contribution in [3.8, 4) is 0 Å². The first kappa shape index (κ1) is 15.2. The van der Waals surface area contributed by atoms with Crippen molar-refractivity contribution in [1.82, 2.24) is 5.32 Å². The van der Waals surface area contributed by atoms with Crippen molar-refractivity contribution in [3.05, 3.63) is 11.6 Å². The first-order valence-electron chi connectivity index (χ1n) is 6.92. The van der Waals surface area contributed by atoms with Crippen LogP contribution in [0.1, 0.15) is 39.0 Å². The molecule has 1 aliphatic rings. The highest BCUT2D eigenvalue weighted by Gasteiger charge is 2.23. The van der Waals surface area contributed by atoms with Gasteiger partial charge in [0.25, 0.3) is 0 Å². The molecule has 0 aliphatic heterocycles. The molecule has 1 fully saturated rings. The maximum absolute atomic E-state index is 10.8. The van der Waals surface area contributed by atoms with Crippen molar-refractivity contribution in [2.75, 3.05) is 19.7 Å². The third kappa shape index (κ3) is 4.78. The number of hydrogen-bond donors (Lipinski definition) is 3. The summed E-state index contributed by atoms with van der Waals surface area (Å²) in [5.74, 6) is 0.123. The minimum atomic E-state index is -0.829. The van der Waals surface area contributed by atoms with Crippen LogP contribution in [0.15, 0.2) is 11.6 Å². The van der Waals surface area contributed by atoms with Gasteiger partial charge in [-0.1, -0.05) is 25.8 Å². The van der Waals surface area contributed by atoms with Gasteiger partial charge in [-0.2, -0.15) is 0 Å². The van der Waals surface area contributed by atoms with Crippen LogP contribution >= 0.6 is 0 Å². The van der Waals surface area contributed by atoms with Gasteiger partial charge in [-0.05, 0) is 37.6 Å². The largest absolute Gasteiger partial charge is 0.478 e. The highest BCUT2D eigenvalue weighted by atomic mass is 16.4. The van der Waals surface area contributed by atoms with E-state index in [0.29, 0.717) is 30.4 Å². The second-order valence-electron chi connectivity index (χ2n) is 5.03. The summed E-state index contributed by atoms with van der Waals surface area (Å²) in [6.07, 6.45) is 7.06. The van der Waals surface area contributed by atoms with Gasteiger partial charge in [0.2, 0.25) is 0 Å². The van der Waals surface area contributed by atoms with E-state index in [-0.39, 0.29) is 6.61 Å². The molecule has 0 aromatic rings. The minimum absolute atomic E-state index is 0.275. The Labute approximate surface area is 109 Å². The van der Waals surface area contributed by atoms with E-state index in [0.717, 1.165) is 13.0 Å². The van der Waals surface area contributed by atoms with Crippen molar-refractivity contribution in [3.63, 3.8) is 0 Å². The second kappa shape index (κ2) is 8.27. The van der Waals surface area contributed by atoms with Crippen molar-refractivity contribution in [2.45, 2.75) is 39.0 Å². The Bertz CT molecular complexity index is 289. The summed E-state index contributed by atoms with van der Waals surface area (Å²) in [6, 6.07) is 0. The first-order valence-corrected chi connectivity index (χ1v) is 6.92. The number of aliphatic hydroxyl groups excluding tert-OH is 1. The van der Waals surface area contributed by atoms with E-state index in [1.165, 1.54) is 19.3 Å². The predicted molar refractivity (Wildman–Crippen MR) is 71.4 cm³/mol. The Morgan fingerprint density at radius 2 is 2.00 bits per heavy atom. The molecule has 18 heavy (non-hydrogen) atoms. The van der Waals surface area contributed by atoms with Crippen LogP contribution in [-0.2, 0) is 4.79 Å². The molecule has 0 amide bonds. The van der Waals surface area contributed by atoms with E-state index < -0.39 is 5.97 Å². The molecule has 1 aliphatic carbocycles. The lowest BCUT2D eigenvalue weighted by molar-refractivity contribution is -0.132. The van der Waals surface area contributed by atoms with Gasteiger partial charge in [0.15, 0.2) is 0 Å². The fourth-order valence-electron chi connectivity index (χ4n) is 2.64. The summed E-state index contributed by atoms with van der Waals surface area (Å²) in [4.78, 5) is 10.8. The van der Waals surface area contributed by atoms with Crippen LogP contribution in [0.25, 0.3) is 0 Å². The molecule has 0 saturated heterocycles. The molecule has 0 aromatic carbocycles. The second-order valence-corrected chi connectivity index (χ2v) is 5.03. The Balaban J connectivity index is 2.30. The fraction of sp³-hybridized carbons (Fsp3) is 0.786. The normalized spacial score (nSPS) is 25.1. The van der Waals surface area contributed by atoms with Crippen molar-refractivity contribution >= 4 is 5.97 Å². The third-order valence-corrected chi connectivity index (χ3v) is 3.86. The van der Waals surface area contributed by atoms with Crippen molar-refractivity contribution in [2.24, 2.45) is 11.8 Å². The number of aliphatic carboxylic acids is 1. The van der Waals surface area contributed by atoms with Crippen LogP contribution < -0.4 is 5.32 Å². The van der Waals surface area contributed by atoms with Crippen LogP contribution in [0, 0.1) is 11.8 Å². The summed E-state index contributed by atoms with van der Waals surface area (Å²) >= 11 is 0. The van der Waals surface area contributed by atoms with Gasteiger partial charge < -0.3 is 15.5 Å². The lowest BCUT2D eigenvalue weighted by Gasteiger charge is -2.30. The monoisotopic (exact) mass is 255 g/mol. The molecular formula is C14H25NO3. The lowest BCUT2D eigenvalue weighted by atomic mass is 9.79. The van der Waals surface area contributed by atoms with Gasteiger partial charge >= 0.3 is 5.97 Å². The lowest BCUT2D eigenvalue weighted by Crippen LogP contribution is -2.32. The third-order valence-electron chi connectivity index (χ3n) is 3.86. The molecule has 4 heteroatoms. The molecule has 0 heterocycles. The van der Waals surface area contributed by atoms with Crippen LogP contribution in [0.3, 0.4) is 0 Å². The Morgan fingerprint density at radius 3 is 2.56 bits per heavy atom. The van der Waals surface area contributed by atoms with E-state index in [1.54, 1.807) is 6.08 Å². The van der Waals surface area contributed by atoms with E-state index in [9.17, 15) is 9.90 Å². The zero-order valence-electron chi connectivity index (χ0n) is 11.2. The Morgan fingerprint density at radius 1 is 1.33 bits per heavy atom. The van der Waals surface area contributed by atoms with Crippen LogP contribution in [-0.4, -0.2) is 35.9 Å². The SMILES string of the molecule is CCC(=CCNCC1CCCCC1CO)C(=O)O. The molecule has 0 bridgehead atoms. The number of rotatable bonds is 7. The minimum Gasteiger partial charge on any atom is -0.478 e. The fourth-order valence-corrected chi connectivity index (χ4v) is 2.64. The van der Waals surface area contributed by atoms with Gasteiger partial charge in [-0.3, -0.25) is 0 Å². The van der Waals surface area contributed by atoms with Gasteiger partial charge in [0.1, 0.15) is 0 Å². The standard InChI is InChI=1S/C14H25NO3/c1-2-11(14(17)18)7-8-15-9-12-5-3-4-6-13(12)10-16/h7,12-13,15-16H,2-6,8-10H2,1H3,(H,17,18). The van der Waals surface area contributed by atoms with Crippen LogP contribution in [0.4, 0.5) is 0 Å². The molecule has 0 spiro atoms. The maximum Gasteiger partial charge on any atom is 0.331 e. The molecule has 0 radical (unpaired) electrons. The zero-order chi connectivity index (χ0) is 13.4. The summed E-state index contributed by atoms with van der Waals surface area (Å²) < 4.78 is 0. The summed E-state index contributed by atoms with van der Waals surface area (Å²) in [5.41, 5.74) is 0.463. The summed E-state index contributed by atoms with van der Waals surface area (Å²) in [7, 11) is 0. The van der Waals surface area contributed by atoms with Crippen LogP contribution in [0.5, 0.6) is 0 Å². The molecule has 0 aromatic heterocycles. The highest BCUT2D eigenvalue weighted by Crippen LogP contribution is 2.28. The number of nitrogens with one attached hydrogen (secondary N) is 1. The number of aliphatic hydroxyl groups is 1. The van der Waals surface area contributed by atoms with Crippen molar-refractivity contribution < 1.29 is 15.0 Å². The van der Waals surface area contributed by atoms with E-state index >= 15 is 0 Å². The van der Waals surface area contributed by atoms with Crippen LogP contribution in [0.2, 0.25) is 0 Å². The number of carboxylic acid groups (broad SMARTS) is 1. The van der Waals surface area contributed by atoms with Gasteiger partial charge in [-0.25, -0.2) is 4.79 Å². The number of carbonyl (C=O) groups is 1. The molecule has 1 rings (SSSR count). The molecule has 2 atom stereocenters. The molecule has 104 valence electrons. The molecular weight excluding hydrogens is 230 g/mol. The zero-order valence-corrected chi connectivity index (χ0v) is 11.2. The Hall–Kier alpha value is -0.870. The van der Waals surface area contributed by atoms with E-state index in [1.807, 2.05) is 6.92 Å². The molecule has 2 unspecified atom stereocenters. The smallest absolute Gasteiger partial charge is 0.331 e. The number of carboxylic acids is 1. The predicted octanol–water partition coefficient (Wildman–Crippen LogP) is 1.80. The van der Waals surface area contributed by atoms with Crippen molar-refractivity contribution in [1.29, 1.82) is 0 Å². The average Bonchev–Trinajstić information content (AvgIpc) is 2.38. The maximum atomic E-state index is 10.8. The average molecular weight is 255 g/mol. The topological polar surface area (TPSA) is 69.6 Å². The van der Waals surface area contributed by atoms with Gasteiger partial charge in [-0.15, -0.1) is 0 Å². The number of hydrogen-bond acceptors (Lipinski definition) is 3.